The largest absolute Gasteiger partial charge is 0.381 e. The van der Waals surface area contributed by atoms with E-state index >= 15 is 0 Å². The van der Waals surface area contributed by atoms with Gasteiger partial charge in [0, 0.05) is 24.1 Å². The molecule has 1 saturated heterocycles. The minimum absolute atomic E-state index is 0.459. The molecule has 1 aliphatic heterocycles. The summed E-state index contributed by atoms with van der Waals surface area (Å²) in [5, 5.41) is 3.57. The molecule has 0 bridgehead atoms. The maximum absolute atomic E-state index is 6.02. The first-order chi connectivity index (χ1) is 8.29. The monoisotopic (exact) mass is 273 g/mol. The highest BCUT2D eigenvalue weighted by atomic mass is 35.5. The molecule has 1 unspecified atom stereocenters. The summed E-state index contributed by atoms with van der Waals surface area (Å²) in [7, 11) is 0. The van der Waals surface area contributed by atoms with E-state index in [1.165, 1.54) is 24.1 Å². The van der Waals surface area contributed by atoms with E-state index in [1.54, 1.807) is 11.3 Å². The number of thiophene rings is 1. The molecule has 1 atom stereocenters. The molecule has 0 radical (unpaired) electrons. The van der Waals surface area contributed by atoms with Gasteiger partial charge in [-0.1, -0.05) is 18.5 Å². The van der Waals surface area contributed by atoms with Crippen LogP contribution in [0.1, 0.15) is 37.1 Å². The van der Waals surface area contributed by atoms with Crippen molar-refractivity contribution < 1.29 is 4.74 Å². The van der Waals surface area contributed by atoms with Gasteiger partial charge in [-0.25, -0.2) is 0 Å². The van der Waals surface area contributed by atoms with Crippen LogP contribution in [-0.4, -0.2) is 19.8 Å². The van der Waals surface area contributed by atoms with E-state index in [0.29, 0.717) is 6.04 Å². The Bertz CT molecular complexity index is 336. The van der Waals surface area contributed by atoms with Gasteiger partial charge in [0.15, 0.2) is 0 Å². The highest BCUT2D eigenvalue weighted by Gasteiger charge is 2.20. The Hall–Kier alpha value is -0.0900. The van der Waals surface area contributed by atoms with Gasteiger partial charge in [-0.15, -0.1) is 11.3 Å². The number of ether oxygens (including phenoxy) is 1. The van der Waals surface area contributed by atoms with Gasteiger partial charge in [0.2, 0.25) is 0 Å². The Labute approximate surface area is 112 Å². The topological polar surface area (TPSA) is 21.3 Å². The summed E-state index contributed by atoms with van der Waals surface area (Å²) in [5.74, 6) is 0.786. The second kappa shape index (κ2) is 6.74. The van der Waals surface area contributed by atoms with E-state index in [9.17, 15) is 0 Å². The van der Waals surface area contributed by atoms with Crippen LogP contribution < -0.4 is 5.32 Å². The fraction of sp³-hybridized carbons (Fsp3) is 0.692. The molecular weight excluding hydrogens is 254 g/mol. The minimum Gasteiger partial charge on any atom is -0.381 e. The molecule has 0 aromatic carbocycles. The quantitative estimate of drug-likeness (QED) is 0.879. The van der Waals surface area contributed by atoms with Gasteiger partial charge in [0.05, 0.1) is 4.34 Å². The van der Waals surface area contributed by atoms with Crippen molar-refractivity contribution >= 4 is 22.9 Å². The summed E-state index contributed by atoms with van der Waals surface area (Å²) in [6.07, 6.45) is 3.59. The van der Waals surface area contributed by atoms with E-state index in [4.69, 9.17) is 16.3 Å². The summed E-state index contributed by atoms with van der Waals surface area (Å²) >= 11 is 7.71. The lowest BCUT2D eigenvalue weighted by Gasteiger charge is -2.26. The zero-order valence-corrected chi connectivity index (χ0v) is 11.8. The fourth-order valence-corrected chi connectivity index (χ4v) is 3.53. The first kappa shape index (κ1) is 13.3. The van der Waals surface area contributed by atoms with Crippen LogP contribution in [0.3, 0.4) is 0 Å². The molecule has 96 valence electrons. The lowest BCUT2D eigenvalue weighted by atomic mass is 9.92. The Morgan fingerprint density at radius 1 is 1.47 bits per heavy atom. The Morgan fingerprint density at radius 2 is 2.24 bits per heavy atom. The standard InChI is InChI=1S/C13H20ClNOS/c1-2-15-11(12-3-4-13(14)17-12)9-10-5-7-16-8-6-10/h3-4,10-11,15H,2,5-9H2,1H3. The zero-order valence-electron chi connectivity index (χ0n) is 10.2. The number of hydrogen-bond acceptors (Lipinski definition) is 3. The molecule has 1 aromatic rings. The predicted molar refractivity (Wildman–Crippen MR) is 73.9 cm³/mol. The van der Waals surface area contributed by atoms with Crippen molar-refractivity contribution in [3.63, 3.8) is 0 Å². The molecule has 2 rings (SSSR count). The molecule has 17 heavy (non-hydrogen) atoms. The van der Waals surface area contributed by atoms with Gasteiger partial charge in [0.25, 0.3) is 0 Å². The van der Waals surface area contributed by atoms with Gasteiger partial charge in [-0.2, -0.15) is 0 Å². The molecule has 0 aliphatic carbocycles. The van der Waals surface area contributed by atoms with Gasteiger partial charge in [-0.3, -0.25) is 0 Å². The van der Waals surface area contributed by atoms with Crippen LogP contribution in [0.2, 0.25) is 4.34 Å². The van der Waals surface area contributed by atoms with Crippen molar-refractivity contribution in [3.05, 3.63) is 21.3 Å². The number of nitrogens with one attached hydrogen (secondary N) is 1. The third-order valence-electron chi connectivity index (χ3n) is 3.30. The maximum Gasteiger partial charge on any atom is 0.0931 e. The van der Waals surface area contributed by atoms with E-state index in [-0.39, 0.29) is 0 Å². The second-order valence-electron chi connectivity index (χ2n) is 4.54. The van der Waals surface area contributed by atoms with Crippen LogP contribution in [0.5, 0.6) is 0 Å². The fourth-order valence-electron chi connectivity index (χ4n) is 2.38. The number of halogens is 1. The molecule has 1 N–H and O–H groups in total. The van der Waals surface area contributed by atoms with E-state index in [0.717, 1.165) is 30.0 Å². The zero-order chi connectivity index (χ0) is 12.1. The highest BCUT2D eigenvalue weighted by molar-refractivity contribution is 7.16. The summed E-state index contributed by atoms with van der Waals surface area (Å²) in [5.41, 5.74) is 0. The smallest absolute Gasteiger partial charge is 0.0931 e. The Balaban J connectivity index is 1.96. The molecule has 1 aromatic heterocycles. The molecule has 2 nitrogen and oxygen atoms in total. The Kier molecular flexibility index (Phi) is 5.29. The van der Waals surface area contributed by atoms with Crippen molar-refractivity contribution in [2.45, 2.75) is 32.2 Å². The van der Waals surface area contributed by atoms with Crippen molar-refractivity contribution in [3.8, 4) is 0 Å². The summed E-state index contributed by atoms with van der Waals surface area (Å²) in [6.45, 7) is 5.01. The van der Waals surface area contributed by atoms with E-state index in [2.05, 4.69) is 18.3 Å². The summed E-state index contributed by atoms with van der Waals surface area (Å²) in [6, 6.07) is 4.61. The van der Waals surface area contributed by atoms with E-state index < -0.39 is 0 Å². The second-order valence-corrected chi connectivity index (χ2v) is 6.29. The molecule has 2 heterocycles. The lowest BCUT2D eigenvalue weighted by molar-refractivity contribution is 0.0607. The average Bonchev–Trinajstić information content (AvgIpc) is 2.77. The predicted octanol–water partition coefficient (Wildman–Crippen LogP) is 3.87. The molecule has 4 heteroatoms. The average molecular weight is 274 g/mol. The van der Waals surface area contributed by atoms with Crippen molar-refractivity contribution in [1.29, 1.82) is 0 Å². The number of hydrogen-bond donors (Lipinski definition) is 1. The minimum atomic E-state index is 0.459. The number of rotatable bonds is 5. The SMILES string of the molecule is CCNC(CC1CCOCC1)c1ccc(Cl)s1. The lowest BCUT2D eigenvalue weighted by Crippen LogP contribution is -2.25. The molecule has 0 saturated carbocycles. The van der Waals surface area contributed by atoms with Gasteiger partial charge >= 0.3 is 0 Å². The molecular formula is C13H20ClNOS. The first-order valence-corrected chi connectivity index (χ1v) is 7.55. The third-order valence-corrected chi connectivity index (χ3v) is 4.64. The van der Waals surface area contributed by atoms with Crippen molar-refractivity contribution in [2.75, 3.05) is 19.8 Å². The van der Waals surface area contributed by atoms with Gasteiger partial charge in [-0.05, 0) is 43.9 Å². The van der Waals surface area contributed by atoms with Crippen LogP contribution in [0.4, 0.5) is 0 Å². The van der Waals surface area contributed by atoms with Crippen LogP contribution in [0, 0.1) is 5.92 Å². The molecule has 0 amide bonds. The maximum atomic E-state index is 6.02. The Morgan fingerprint density at radius 3 is 2.82 bits per heavy atom. The normalized spacial score (nSPS) is 19.4. The first-order valence-electron chi connectivity index (χ1n) is 6.36. The summed E-state index contributed by atoms with van der Waals surface area (Å²) in [4.78, 5) is 1.36. The molecule has 1 fully saturated rings. The van der Waals surface area contributed by atoms with Crippen LogP contribution >= 0.6 is 22.9 Å². The van der Waals surface area contributed by atoms with E-state index in [1.807, 2.05) is 6.07 Å². The van der Waals surface area contributed by atoms with Crippen molar-refractivity contribution in [1.82, 2.24) is 5.32 Å². The highest BCUT2D eigenvalue weighted by Crippen LogP contribution is 2.33. The summed E-state index contributed by atoms with van der Waals surface area (Å²) < 4.78 is 6.30. The van der Waals surface area contributed by atoms with Crippen LogP contribution in [0.25, 0.3) is 0 Å². The molecule has 1 aliphatic rings. The van der Waals surface area contributed by atoms with Crippen molar-refractivity contribution in [2.24, 2.45) is 5.92 Å². The van der Waals surface area contributed by atoms with Gasteiger partial charge in [0.1, 0.15) is 0 Å². The molecule has 0 spiro atoms. The van der Waals surface area contributed by atoms with Crippen LogP contribution in [-0.2, 0) is 4.74 Å². The van der Waals surface area contributed by atoms with Gasteiger partial charge < -0.3 is 10.1 Å². The van der Waals surface area contributed by atoms with Crippen LogP contribution in [0.15, 0.2) is 12.1 Å². The third kappa shape index (κ3) is 3.95.